The van der Waals surface area contributed by atoms with Gasteiger partial charge in [0.1, 0.15) is 5.75 Å². The van der Waals surface area contributed by atoms with Gasteiger partial charge in [0.25, 0.3) is 5.91 Å². The molecule has 0 aromatic heterocycles. The van der Waals surface area contributed by atoms with Gasteiger partial charge in [0.2, 0.25) is 0 Å². The molecule has 2 aromatic rings. The number of carbonyl (C=O) groups is 2. The summed E-state index contributed by atoms with van der Waals surface area (Å²) in [5.41, 5.74) is 2.26. The number of esters is 1. The van der Waals surface area contributed by atoms with Crippen LogP contribution in [-0.4, -0.2) is 24.6 Å². The second-order valence-electron chi connectivity index (χ2n) is 6.82. The molecule has 2 aromatic carbocycles. The van der Waals surface area contributed by atoms with Crippen molar-refractivity contribution in [2.45, 2.75) is 40.2 Å². The van der Waals surface area contributed by atoms with E-state index in [1.807, 2.05) is 38.1 Å². The highest BCUT2D eigenvalue weighted by molar-refractivity contribution is 5.95. The van der Waals surface area contributed by atoms with E-state index in [-0.39, 0.29) is 17.8 Å². The molecule has 5 heteroatoms. The third kappa shape index (κ3) is 6.44. The van der Waals surface area contributed by atoms with Crippen LogP contribution in [-0.2, 0) is 16.0 Å². The normalized spacial score (nSPS) is 11.7. The molecule has 0 spiro atoms. The fourth-order valence-electron chi connectivity index (χ4n) is 2.32. The van der Waals surface area contributed by atoms with Crippen molar-refractivity contribution in [3.63, 3.8) is 0 Å². The minimum absolute atomic E-state index is 0.260. The summed E-state index contributed by atoms with van der Waals surface area (Å²) in [6, 6.07) is 14.3. The highest BCUT2D eigenvalue weighted by Crippen LogP contribution is 2.16. The SMILES string of the molecule is CCc1ccc(OC(C)C(=O)Nc2ccc(C(=O)OCC(C)C)cc2)cc1. The maximum Gasteiger partial charge on any atom is 0.338 e. The molecule has 0 saturated carbocycles. The zero-order valence-corrected chi connectivity index (χ0v) is 16.3. The third-order valence-electron chi connectivity index (χ3n) is 3.95. The summed E-state index contributed by atoms with van der Waals surface area (Å²) < 4.78 is 10.9. The van der Waals surface area contributed by atoms with E-state index in [1.54, 1.807) is 31.2 Å². The molecular formula is C22H27NO4. The van der Waals surface area contributed by atoms with E-state index in [0.717, 1.165) is 6.42 Å². The van der Waals surface area contributed by atoms with Crippen molar-refractivity contribution in [1.29, 1.82) is 0 Å². The molecule has 0 heterocycles. The number of aryl methyl sites for hydroxylation is 1. The number of hydrogen-bond donors (Lipinski definition) is 1. The van der Waals surface area contributed by atoms with Gasteiger partial charge in [0.05, 0.1) is 12.2 Å². The van der Waals surface area contributed by atoms with Crippen LogP contribution in [0.15, 0.2) is 48.5 Å². The second-order valence-corrected chi connectivity index (χ2v) is 6.82. The zero-order chi connectivity index (χ0) is 19.8. The summed E-state index contributed by atoms with van der Waals surface area (Å²) >= 11 is 0. The van der Waals surface area contributed by atoms with Crippen molar-refractivity contribution < 1.29 is 19.1 Å². The summed E-state index contributed by atoms with van der Waals surface area (Å²) in [5, 5.41) is 2.78. The Kier molecular flexibility index (Phi) is 7.41. The van der Waals surface area contributed by atoms with Gasteiger partial charge in [-0.3, -0.25) is 4.79 Å². The van der Waals surface area contributed by atoms with Gasteiger partial charge in [0.15, 0.2) is 6.10 Å². The summed E-state index contributed by atoms with van der Waals surface area (Å²) in [7, 11) is 0. The predicted octanol–water partition coefficient (Wildman–Crippen LogP) is 4.47. The van der Waals surface area contributed by atoms with Crippen LogP contribution < -0.4 is 10.1 Å². The molecule has 1 atom stereocenters. The van der Waals surface area contributed by atoms with Crippen molar-refractivity contribution in [3.8, 4) is 5.75 Å². The summed E-state index contributed by atoms with van der Waals surface area (Å²) in [5.74, 6) is 0.309. The smallest absolute Gasteiger partial charge is 0.338 e. The van der Waals surface area contributed by atoms with Crippen LogP contribution in [0.2, 0.25) is 0 Å². The predicted molar refractivity (Wildman–Crippen MR) is 106 cm³/mol. The van der Waals surface area contributed by atoms with Gasteiger partial charge in [-0.15, -0.1) is 0 Å². The quantitative estimate of drug-likeness (QED) is 0.698. The summed E-state index contributed by atoms with van der Waals surface area (Å²) in [6.45, 7) is 8.12. The first-order valence-corrected chi connectivity index (χ1v) is 9.22. The largest absolute Gasteiger partial charge is 0.481 e. The maximum absolute atomic E-state index is 12.3. The highest BCUT2D eigenvalue weighted by Gasteiger charge is 2.15. The lowest BCUT2D eigenvalue weighted by molar-refractivity contribution is -0.122. The Labute approximate surface area is 160 Å². The lowest BCUT2D eigenvalue weighted by Crippen LogP contribution is -2.30. The van der Waals surface area contributed by atoms with E-state index >= 15 is 0 Å². The van der Waals surface area contributed by atoms with Gasteiger partial charge in [-0.05, 0) is 61.2 Å². The lowest BCUT2D eigenvalue weighted by atomic mass is 10.2. The first kappa shape index (κ1) is 20.5. The van der Waals surface area contributed by atoms with Gasteiger partial charge in [-0.2, -0.15) is 0 Å². The Morgan fingerprint density at radius 2 is 1.59 bits per heavy atom. The van der Waals surface area contributed by atoms with Crippen LogP contribution in [0, 0.1) is 5.92 Å². The average molecular weight is 369 g/mol. The van der Waals surface area contributed by atoms with Crippen LogP contribution in [0.5, 0.6) is 5.75 Å². The topological polar surface area (TPSA) is 64.6 Å². The van der Waals surface area contributed by atoms with Crippen molar-refractivity contribution in [3.05, 3.63) is 59.7 Å². The van der Waals surface area contributed by atoms with Gasteiger partial charge >= 0.3 is 5.97 Å². The number of hydrogen-bond acceptors (Lipinski definition) is 4. The number of nitrogens with one attached hydrogen (secondary N) is 1. The Morgan fingerprint density at radius 1 is 0.963 bits per heavy atom. The highest BCUT2D eigenvalue weighted by atomic mass is 16.5. The minimum atomic E-state index is -0.645. The summed E-state index contributed by atoms with van der Waals surface area (Å²) in [6.07, 6.45) is 0.310. The third-order valence-corrected chi connectivity index (χ3v) is 3.95. The molecular weight excluding hydrogens is 342 g/mol. The first-order chi connectivity index (χ1) is 12.9. The van der Waals surface area contributed by atoms with Gasteiger partial charge in [-0.25, -0.2) is 4.79 Å². The van der Waals surface area contributed by atoms with E-state index in [4.69, 9.17) is 9.47 Å². The number of rotatable bonds is 8. The van der Waals surface area contributed by atoms with Crippen LogP contribution >= 0.6 is 0 Å². The Bertz CT molecular complexity index is 751. The van der Waals surface area contributed by atoms with Crippen molar-refractivity contribution in [2.75, 3.05) is 11.9 Å². The molecule has 1 amide bonds. The van der Waals surface area contributed by atoms with Crippen LogP contribution in [0.25, 0.3) is 0 Å². The number of carbonyl (C=O) groups excluding carboxylic acids is 2. The minimum Gasteiger partial charge on any atom is -0.481 e. The number of benzene rings is 2. The molecule has 5 nitrogen and oxygen atoms in total. The number of ether oxygens (including phenoxy) is 2. The molecule has 1 N–H and O–H groups in total. The lowest BCUT2D eigenvalue weighted by Gasteiger charge is -2.15. The Balaban J connectivity index is 1.89. The molecule has 0 aliphatic heterocycles. The van der Waals surface area contributed by atoms with Crippen LogP contribution in [0.3, 0.4) is 0 Å². The van der Waals surface area contributed by atoms with E-state index in [2.05, 4.69) is 12.2 Å². The maximum atomic E-state index is 12.3. The summed E-state index contributed by atoms with van der Waals surface area (Å²) in [4.78, 5) is 24.2. The molecule has 144 valence electrons. The van der Waals surface area contributed by atoms with Crippen molar-refractivity contribution in [2.24, 2.45) is 5.92 Å². The molecule has 0 saturated heterocycles. The number of anilines is 1. The monoisotopic (exact) mass is 369 g/mol. The molecule has 0 fully saturated rings. The molecule has 0 bridgehead atoms. The molecule has 0 radical (unpaired) electrons. The van der Waals surface area contributed by atoms with E-state index < -0.39 is 6.10 Å². The van der Waals surface area contributed by atoms with Gasteiger partial charge < -0.3 is 14.8 Å². The first-order valence-electron chi connectivity index (χ1n) is 9.22. The van der Waals surface area contributed by atoms with Crippen LogP contribution in [0.1, 0.15) is 43.6 Å². The molecule has 0 aliphatic rings. The zero-order valence-electron chi connectivity index (χ0n) is 16.3. The van der Waals surface area contributed by atoms with E-state index in [9.17, 15) is 9.59 Å². The molecule has 27 heavy (non-hydrogen) atoms. The van der Waals surface area contributed by atoms with Crippen molar-refractivity contribution in [1.82, 2.24) is 0 Å². The van der Waals surface area contributed by atoms with Gasteiger partial charge in [-0.1, -0.05) is 32.9 Å². The fraction of sp³-hybridized carbons (Fsp3) is 0.364. The van der Waals surface area contributed by atoms with E-state index in [0.29, 0.717) is 23.6 Å². The Morgan fingerprint density at radius 3 is 2.15 bits per heavy atom. The molecule has 0 aliphatic carbocycles. The standard InChI is InChI=1S/C22H27NO4/c1-5-17-6-12-20(13-7-17)27-16(4)21(24)23-19-10-8-18(9-11-19)22(25)26-14-15(2)3/h6-13,15-16H,5,14H2,1-4H3,(H,23,24). The van der Waals surface area contributed by atoms with Gasteiger partial charge in [0, 0.05) is 5.69 Å². The molecule has 1 unspecified atom stereocenters. The van der Waals surface area contributed by atoms with Crippen LogP contribution in [0.4, 0.5) is 5.69 Å². The molecule has 2 rings (SSSR count). The fourth-order valence-corrected chi connectivity index (χ4v) is 2.32. The van der Waals surface area contributed by atoms with Crippen molar-refractivity contribution >= 4 is 17.6 Å². The Hall–Kier alpha value is -2.82. The average Bonchev–Trinajstić information content (AvgIpc) is 2.67. The van der Waals surface area contributed by atoms with E-state index in [1.165, 1.54) is 5.56 Å². The number of amides is 1. The second kappa shape index (κ2) is 9.76.